The van der Waals surface area contributed by atoms with Crippen LogP contribution in [0.4, 0.5) is 0 Å². The molecule has 2 rings (SSSR count). The monoisotopic (exact) mass is 345 g/mol. The first-order valence-electron chi connectivity index (χ1n) is 7.83. The summed E-state index contributed by atoms with van der Waals surface area (Å²) < 4.78 is 21.0. The van der Waals surface area contributed by atoms with E-state index in [9.17, 15) is 4.79 Å². The van der Waals surface area contributed by atoms with Gasteiger partial charge in [0.05, 0.1) is 21.3 Å². The van der Waals surface area contributed by atoms with Crippen molar-refractivity contribution in [2.45, 2.75) is 19.1 Å². The Hall–Kier alpha value is -2.73. The minimum atomic E-state index is -0.708. The largest absolute Gasteiger partial charge is 0.497 e. The number of ether oxygens (including phenoxy) is 4. The molecule has 0 aliphatic heterocycles. The third-order valence-corrected chi connectivity index (χ3v) is 3.74. The molecule has 134 valence electrons. The van der Waals surface area contributed by atoms with Crippen molar-refractivity contribution in [2.75, 3.05) is 21.3 Å². The Balaban J connectivity index is 2.04. The number of carbonyl (C=O) groups is 1. The third-order valence-electron chi connectivity index (χ3n) is 3.74. The van der Waals surface area contributed by atoms with Crippen molar-refractivity contribution in [3.8, 4) is 17.2 Å². The van der Waals surface area contributed by atoms with E-state index in [1.54, 1.807) is 14.2 Å². The molecule has 6 heteroatoms. The Bertz CT molecular complexity index is 699. The fourth-order valence-corrected chi connectivity index (χ4v) is 2.33. The third kappa shape index (κ3) is 5.12. The average Bonchev–Trinajstić information content (AvgIpc) is 2.66. The normalized spacial score (nSPS) is 11.5. The van der Waals surface area contributed by atoms with E-state index in [2.05, 4.69) is 4.74 Å². The molecule has 6 nitrogen and oxygen atoms in total. The number of hydrogen-bond acceptors (Lipinski definition) is 6. The van der Waals surface area contributed by atoms with Crippen molar-refractivity contribution in [3.05, 3.63) is 53.6 Å². The molecule has 0 radical (unpaired) electrons. The van der Waals surface area contributed by atoms with Crippen LogP contribution >= 0.6 is 0 Å². The molecule has 0 bridgehead atoms. The van der Waals surface area contributed by atoms with E-state index in [-0.39, 0.29) is 0 Å². The van der Waals surface area contributed by atoms with Crippen LogP contribution in [0, 0.1) is 0 Å². The second-order valence-electron chi connectivity index (χ2n) is 5.46. The first-order chi connectivity index (χ1) is 12.1. The Kier molecular flexibility index (Phi) is 6.65. The number of rotatable bonds is 8. The molecule has 0 aliphatic carbocycles. The van der Waals surface area contributed by atoms with Gasteiger partial charge in [-0.15, -0.1) is 0 Å². The van der Waals surface area contributed by atoms with E-state index in [1.807, 2.05) is 42.5 Å². The summed E-state index contributed by atoms with van der Waals surface area (Å²) in [5.74, 6) is 1.56. The number of nitrogens with two attached hydrogens (primary N) is 1. The van der Waals surface area contributed by atoms with Gasteiger partial charge in [0, 0.05) is 0 Å². The van der Waals surface area contributed by atoms with Crippen LogP contribution in [0.25, 0.3) is 0 Å². The summed E-state index contributed by atoms with van der Waals surface area (Å²) in [4.78, 5) is 11.4. The zero-order valence-corrected chi connectivity index (χ0v) is 14.7. The van der Waals surface area contributed by atoms with Crippen LogP contribution in [0.2, 0.25) is 0 Å². The SMILES string of the molecule is COC(=O)C(N)Cc1ccc(OCc2ccc(OC)cc2)c(OC)c1. The first-order valence-corrected chi connectivity index (χ1v) is 7.83. The van der Waals surface area contributed by atoms with Crippen molar-refractivity contribution in [3.63, 3.8) is 0 Å². The molecule has 2 aromatic carbocycles. The number of benzene rings is 2. The van der Waals surface area contributed by atoms with Gasteiger partial charge in [0.1, 0.15) is 18.4 Å². The molecule has 0 aromatic heterocycles. The van der Waals surface area contributed by atoms with Gasteiger partial charge in [-0.1, -0.05) is 18.2 Å². The summed E-state index contributed by atoms with van der Waals surface area (Å²) in [6.07, 6.45) is 0.363. The minimum Gasteiger partial charge on any atom is -0.497 e. The minimum absolute atomic E-state index is 0.363. The Morgan fingerprint density at radius 3 is 2.24 bits per heavy atom. The van der Waals surface area contributed by atoms with E-state index in [0.29, 0.717) is 24.5 Å². The van der Waals surface area contributed by atoms with Gasteiger partial charge in [0.25, 0.3) is 0 Å². The molecule has 2 aromatic rings. The van der Waals surface area contributed by atoms with E-state index < -0.39 is 12.0 Å². The molecule has 0 heterocycles. The van der Waals surface area contributed by atoms with Crippen LogP contribution in [0.5, 0.6) is 17.2 Å². The van der Waals surface area contributed by atoms with Gasteiger partial charge >= 0.3 is 5.97 Å². The fraction of sp³-hybridized carbons (Fsp3) is 0.316. The maximum absolute atomic E-state index is 11.4. The van der Waals surface area contributed by atoms with Crippen molar-refractivity contribution >= 4 is 5.97 Å². The van der Waals surface area contributed by atoms with Crippen LogP contribution in [0.3, 0.4) is 0 Å². The fourth-order valence-electron chi connectivity index (χ4n) is 2.33. The molecule has 0 amide bonds. The van der Waals surface area contributed by atoms with Gasteiger partial charge in [0.2, 0.25) is 0 Å². The standard InChI is InChI=1S/C19H23NO5/c1-22-15-7-4-13(5-8-15)12-25-17-9-6-14(11-18(17)23-2)10-16(20)19(21)24-3/h4-9,11,16H,10,12,20H2,1-3H3. The van der Waals surface area contributed by atoms with Crippen LogP contribution in [0.15, 0.2) is 42.5 Å². The van der Waals surface area contributed by atoms with Crippen LogP contribution in [-0.4, -0.2) is 33.3 Å². The lowest BCUT2D eigenvalue weighted by atomic mass is 10.1. The van der Waals surface area contributed by atoms with Crippen LogP contribution in [0.1, 0.15) is 11.1 Å². The summed E-state index contributed by atoms with van der Waals surface area (Å²) in [5.41, 5.74) is 7.67. The number of esters is 1. The Morgan fingerprint density at radius 1 is 0.960 bits per heavy atom. The zero-order valence-electron chi connectivity index (χ0n) is 14.7. The maximum Gasteiger partial charge on any atom is 0.322 e. The summed E-state index contributed by atoms with van der Waals surface area (Å²) in [5, 5.41) is 0. The lowest BCUT2D eigenvalue weighted by molar-refractivity contribution is -0.142. The second kappa shape index (κ2) is 8.94. The molecule has 2 N–H and O–H groups in total. The van der Waals surface area contributed by atoms with E-state index in [4.69, 9.17) is 19.9 Å². The molecule has 0 fully saturated rings. The highest BCUT2D eigenvalue weighted by atomic mass is 16.5. The van der Waals surface area contributed by atoms with E-state index in [0.717, 1.165) is 16.9 Å². The van der Waals surface area contributed by atoms with E-state index >= 15 is 0 Å². The number of carbonyl (C=O) groups excluding carboxylic acids is 1. The molecule has 0 aliphatic rings. The number of hydrogen-bond donors (Lipinski definition) is 1. The molecular weight excluding hydrogens is 322 g/mol. The molecular formula is C19H23NO5. The van der Waals surface area contributed by atoms with Crippen molar-refractivity contribution in [1.29, 1.82) is 0 Å². The second-order valence-corrected chi connectivity index (χ2v) is 5.46. The average molecular weight is 345 g/mol. The molecule has 0 saturated heterocycles. The van der Waals surface area contributed by atoms with Gasteiger partial charge in [-0.2, -0.15) is 0 Å². The zero-order chi connectivity index (χ0) is 18.2. The predicted octanol–water partition coefficient (Wildman–Crippen LogP) is 2.33. The van der Waals surface area contributed by atoms with Crippen molar-refractivity contribution < 1.29 is 23.7 Å². The predicted molar refractivity (Wildman–Crippen MR) is 94.0 cm³/mol. The lowest BCUT2D eigenvalue weighted by Crippen LogP contribution is -2.33. The first kappa shape index (κ1) is 18.6. The number of methoxy groups -OCH3 is 3. The van der Waals surface area contributed by atoms with Gasteiger partial charge in [0.15, 0.2) is 11.5 Å². The summed E-state index contributed by atoms with van der Waals surface area (Å²) in [6, 6.07) is 12.4. The van der Waals surface area contributed by atoms with Crippen LogP contribution in [-0.2, 0) is 22.6 Å². The quantitative estimate of drug-likeness (QED) is 0.740. The molecule has 25 heavy (non-hydrogen) atoms. The molecule has 0 spiro atoms. The maximum atomic E-state index is 11.4. The van der Waals surface area contributed by atoms with Crippen molar-refractivity contribution in [1.82, 2.24) is 0 Å². The lowest BCUT2D eigenvalue weighted by Gasteiger charge is -2.14. The van der Waals surface area contributed by atoms with Crippen molar-refractivity contribution in [2.24, 2.45) is 5.73 Å². The van der Waals surface area contributed by atoms with Gasteiger partial charge < -0.3 is 24.7 Å². The van der Waals surface area contributed by atoms with Crippen LogP contribution < -0.4 is 19.9 Å². The topological polar surface area (TPSA) is 80.0 Å². The van der Waals surface area contributed by atoms with Gasteiger partial charge in [-0.25, -0.2) is 0 Å². The van der Waals surface area contributed by atoms with Gasteiger partial charge in [-0.3, -0.25) is 4.79 Å². The van der Waals surface area contributed by atoms with E-state index in [1.165, 1.54) is 7.11 Å². The van der Waals surface area contributed by atoms with Gasteiger partial charge in [-0.05, 0) is 41.8 Å². The molecule has 1 atom stereocenters. The Morgan fingerprint density at radius 2 is 1.64 bits per heavy atom. The summed E-state index contributed by atoms with van der Waals surface area (Å²) in [7, 11) is 4.52. The molecule has 1 unspecified atom stereocenters. The highest BCUT2D eigenvalue weighted by Crippen LogP contribution is 2.29. The highest BCUT2D eigenvalue weighted by Gasteiger charge is 2.15. The molecule has 0 saturated carbocycles. The highest BCUT2D eigenvalue weighted by molar-refractivity contribution is 5.75. The summed E-state index contributed by atoms with van der Waals surface area (Å²) in [6.45, 7) is 0.404. The Labute approximate surface area is 147 Å². The smallest absolute Gasteiger partial charge is 0.322 e. The summed E-state index contributed by atoms with van der Waals surface area (Å²) >= 11 is 0.